The van der Waals surface area contributed by atoms with Crippen molar-refractivity contribution in [3.63, 3.8) is 0 Å². The van der Waals surface area contributed by atoms with Crippen molar-refractivity contribution in [2.75, 3.05) is 12.8 Å². The molecule has 5 N–H and O–H groups in total. The minimum atomic E-state index is -4.21. The van der Waals surface area contributed by atoms with Gasteiger partial charge in [0.05, 0.1) is 20.1 Å². The van der Waals surface area contributed by atoms with Crippen molar-refractivity contribution in [3.05, 3.63) is 65.2 Å². The van der Waals surface area contributed by atoms with E-state index in [0.717, 1.165) is 0 Å². The van der Waals surface area contributed by atoms with E-state index in [-0.39, 0.29) is 24.5 Å². The highest BCUT2D eigenvalue weighted by Gasteiger charge is 2.11. The number of nitrogens with two attached hydrogens (primary N) is 2. The Morgan fingerprint density at radius 2 is 1.58 bits per heavy atom. The Labute approximate surface area is 179 Å². The fourth-order valence-electron chi connectivity index (χ4n) is 2.52. The van der Waals surface area contributed by atoms with Gasteiger partial charge in [0, 0.05) is 11.3 Å². The molecule has 0 atom stereocenters. The van der Waals surface area contributed by atoms with E-state index in [4.69, 9.17) is 15.6 Å². The Morgan fingerprint density at radius 3 is 2.13 bits per heavy atom. The molecule has 0 aliphatic carbocycles. The van der Waals surface area contributed by atoms with E-state index >= 15 is 0 Å². The molecular formula is C21H22N2O7S. The number of benzene rings is 2. The normalized spacial score (nSPS) is 11.7. The van der Waals surface area contributed by atoms with Gasteiger partial charge >= 0.3 is 10.3 Å². The molecule has 0 radical (unpaired) electrons. The van der Waals surface area contributed by atoms with Crippen molar-refractivity contribution in [3.8, 4) is 11.5 Å². The molecule has 31 heavy (non-hydrogen) atoms. The first-order valence-corrected chi connectivity index (χ1v) is 10.4. The highest BCUT2D eigenvalue weighted by molar-refractivity contribution is 7.84. The zero-order valence-electron chi connectivity index (χ0n) is 16.6. The summed E-state index contributed by atoms with van der Waals surface area (Å²) in [6.45, 7) is -0.218. The van der Waals surface area contributed by atoms with Crippen LogP contribution in [0.2, 0.25) is 0 Å². The van der Waals surface area contributed by atoms with E-state index in [1.54, 1.807) is 18.2 Å². The summed E-state index contributed by atoms with van der Waals surface area (Å²) in [5, 5.41) is 14.1. The summed E-state index contributed by atoms with van der Waals surface area (Å²) in [4.78, 5) is 24.1. The lowest BCUT2D eigenvalue weighted by Crippen LogP contribution is -2.19. The Bertz CT molecular complexity index is 1140. The molecule has 0 aliphatic rings. The van der Waals surface area contributed by atoms with Crippen LogP contribution in [0.1, 0.15) is 23.1 Å². The van der Waals surface area contributed by atoms with E-state index in [1.807, 2.05) is 0 Å². The first-order chi connectivity index (χ1) is 14.6. The van der Waals surface area contributed by atoms with E-state index < -0.39 is 21.9 Å². The molecule has 0 unspecified atom stereocenters. The molecular weight excluding hydrogens is 424 g/mol. The minimum absolute atomic E-state index is 0.0965. The first kappa shape index (κ1) is 23.8. The average molecular weight is 446 g/mol. The number of methoxy groups -OCH3 is 1. The zero-order chi connectivity index (χ0) is 23.0. The van der Waals surface area contributed by atoms with E-state index in [2.05, 4.69) is 4.18 Å². The van der Waals surface area contributed by atoms with Crippen molar-refractivity contribution in [2.45, 2.75) is 13.0 Å². The number of carbonyl (C=O) groups is 2. The highest BCUT2D eigenvalue weighted by Crippen LogP contribution is 2.29. The fourth-order valence-corrected chi connectivity index (χ4v) is 2.90. The number of carbonyl (C=O) groups excluding carboxylic acids is 2. The Balaban J connectivity index is 2.01. The van der Waals surface area contributed by atoms with Crippen molar-refractivity contribution in [1.29, 1.82) is 0 Å². The molecule has 10 heteroatoms. The molecule has 0 aromatic heterocycles. The monoisotopic (exact) mass is 446 g/mol. The molecule has 0 saturated heterocycles. The van der Waals surface area contributed by atoms with Crippen molar-refractivity contribution in [1.82, 2.24) is 0 Å². The molecule has 0 amide bonds. The number of aliphatic hydroxyl groups is 1. The lowest BCUT2D eigenvalue weighted by Gasteiger charge is -2.08. The Kier molecular flexibility index (Phi) is 8.08. The highest BCUT2D eigenvalue weighted by atomic mass is 32.2. The van der Waals surface area contributed by atoms with Crippen LogP contribution in [0.15, 0.2) is 48.6 Å². The van der Waals surface area contributed by atoms with Gasteiger partial charge in [-0.2, -0.15) is 13.6 Å². The average Bonchev–Trinajstić information content (AvgIpc) is 2.71. The third kappa shape index (κ3) is 7.70. The summed E-state index contributed by atoms with van der Waals surface area (Å²) in [5.74, 6) is -0.812. The molecule has 2 aromatic carbocycles. The van der Waals surface area contributed by atoms with Gasteiger partial charge in [0.25, 0.3) is 0 Å². The molecule has 164 valence electrons. The largest absolute Gasteiger partial charge is 0.493 e. The van der Waals surface area contributed by atoms with Gasteiger partial charge in [0.15, 0.2) is 23.1 Å². The number of aliphatic hydroxyl groups excluding tert-OH is 1. The summed E-state index contributed by atoms with van der Waals surface area (Å²) in [7, 11) is -2.89. The Hall–Kier alpha value is -3.47. The van der Waals surface area contributed by atoms with Crippen molar-refractivity contribution >= 4 is 39.7 Å². The summed E-state index contributed by atoms with van der Waals surface area (Å²) >= 11 is 0. The predicted molar refractivity (Wildman–Crippen MR) is 116 cm³/mol. The second kappa shape index (κ2) is 10.5. The van der Waals surface area contributed by atoms with E-state index in [9.17, 15) is 23.1 Å². The third-order valence-electron chi connectivity index (χ3n) is 4.00. The van der Waals surface area contributed by atoms with Crippen LogP contribution in [0.5, 0.6) is 11.5 Å². The number of anilines is 1. The SMILES string of the molecule is COc1cc(C=CC(=O)CC(=O)C=Cc2ccc(N)c(CO)c2)ccc1OS(N)(=O)=O. The van der Waals surface area contributed by atoms with Gasteiger partial charge < -0.3 is 19.8 Å². The van der Waals surface area contributed by atoms with Crippen molar-refractivity contribution < 1.29 is 32.0 Å². The number of ketones is 2. The summed E-state index contributed by atoms with van der Waals surface area (Å²) in [6, 6.07) is 9.24. The second-order valence-electron chi connectivity index (χ2n) is 6.38. The molecule has 0 spiro atoms. The van der Waals surface area contributed by atoms with Crippen LogP contribution in [-0.4, -0.2) is 32.2 Å². The second-order valence-corrected chi connectivity index (χ2v) is 7.53. The zero-order valence-corrected chi connectivity index (χ0v) is 17.5. The minimum Gasteiger partial charge on any atom is -0.493 e. The van der Waals surface area contributed by atoms with Crippen LogP contribution < -0.4 is 19.8 Å². The summed E-state index contributed by atoms with van der Waals surface area (Å²) in [6.07, 6.45) is 5.16. The number of hydrogen-bond acceptors (Lipinski definition) is 8. The molecule has 0 heterocycles. The molecule has 0 aliphatic heterocycles. The van der Waals surface area contributed by atoms with Gasteiger partial charge in [0.2, 0.25) is 0 Å². The lowest BCUT2D eigenvalue weighted by molar-refractivity contribution is -0.121. The van der Waals surface area contributed by atoms with Gasteiger partial charge in [-0.1, -0.05) is 24.3 Å². The predicted octanol–water partition coefficient (Wildman–Crippen LogP) is 1.61. The van der Waals surface area contributed by atoms with Gasteiger partial charge in [-0.05, 0) is 47.5 Å². The van der Waals surface area contributed by atoms with Crippen LogP contribution in [-0.2, 0) is 26.5 Å². The van der Waals surface area contributed by atoms with E-state index in [1.165, 1.54) is 49.6 Å². The number of ether oxygens (including phenoxy) is 1. The smallest absolute Gasteiger partial charge is 0.380 e. The van der Waals surface area contributed by atoms with Crippen LogP contribution in [0.25, 0.3) is 12.2 Å². The summed E-state index contributed by atoms with van der Waals surface area (Å²) < 4.78 is 31.8. The van der Waals surface area contributed by atoms with Gasteiger partial charge in [-0.3, -0.25) is 9.59 Å². The maximum absolute atomic E-state index is 12.0. The van der Waals surface area contributed by atoms with Gasteiger partial charge in [-0.25, -0.2) is 0 Å². The molecule has 9 nitrogen and oxygen atoms in total. The third-order valence-corrected chi connectivity index (χ3v) is 4.41. The molecule has 0 saturated carbocycles. The standard InChI is InChI=1S/C21H22N2O7S/c1-29-21-11-15(5-9-20(21)30-31(23,27)28)3-7-18(26)12-17(25)6-2-14-4-8-19(22)16(10-14)13-24/h2-11,24H,12-13,22H2,1H3,(H2,23,27,28). The van der Waals surface area contributed by atoms with Crippen molar-refractivity contribution in [2.24, 2.45) is 5.14 Å². The fraction of sp³-hybridized carbons (Fsp3) is 0.143. The van der Waals surface area contributed by atoms with Gasteiger partial charge in [-0.15, -0.1) is 0 Å². The molecule has 0 bridgehead atoms. The topological polar surface area (TPSA) is 159 Å². The maximum atomic E-state index is 12.0. The molecule has 2 aromatic rings. The van der Waals surface area contributed by atoms with Crippen LogP contribution in [0, 0.1) is 0 Å². The van der Waals surface area contributed by atoms with Crippen LogP contribution in [0.4, 0.5) is 5.69 Å². The van der Waals surface area contributed by atoms with Crippen LogP contribution >= 0.6 is 0 Å². The molecule has 0 fully saturated rings. The number of hydrogen-bond donors (Lipinski definition) is 3. The van der Waals surface area contributed by atoms with Gasteiger partial charge in [0.1, 0.15) is 0 Å². The Morgan fingerprint density at radius 1 is 1.00 bits per heavy atom. The number of nitrogen functional groups attached to an aromatic ring is 1. The van der Waals surface area contributed by atoms with E-state index in [0.29, 0.717) is 22.4 Å². The maximum Gasteiger partial charge on any atom is 0.380 e. The number of allylic oxidation sites excluding steroid dienone is 2. The summed E-state index contributed by atoms with van der Waals surface area (Å²) in [5.41, 5.74) is 7.89. The first-order valence-electron chi connectivity index (χ1n) is 8.92. The lowest BCUT2D eigenvalue weighted by atomic mass is 10.1. The number of rotatable bonds is 10. The quantitative estimate of drug-likeness (QED) is 0.282. The molecule has 2 rings (SSSR count). The van der Waals surface area contributed by atoms with Crippen LogP contribution in [0.3, 0.4) is 0 Å².